The predicted octanol–water partition coefficient (Wildman–Crippen LogP) is 4.72. The number of hydrogen-bond donors (Lipinski definition) is 0. The van der Waals surface area contributed by atoms with E-state index in [2.05, 4.69) is 39.8 Å². The number of carbonyl (C=O) groups is 1. The maximum absolute atomic E-state index is 11.3. The van der Waals surface area contributed by atoms with Gasteiger partial charge in [-0.3, -0.25) is 4.79 Å². The van der Waals surface area contributed by atoms with Crippen molar-refractivity contribution in [1.29, 1.82) is 0 Å². The van der Waals surface area contributed by atoms with E-state index in [9.17, 15) is 4.79 Å². The van der Waals surface area contributed by atoms with E-state index < -0.39 is 0 Å². The van der Waals surface area contributed by atoms with E-state index in [1.54, 1.807) is 0 Å². The first-order valence-electron chi connectivity index (χ1n) is 7.05. The summed E-state index contributed by atoms with van der Waals surface area (Å²) in [6.45, 7) is 10.0. The molecule has 0 aromatic carbocycles. The zero-order valence-electron chi connectivity index (χ0n) is 12.9. The molecule has 2 nitrogen and oxygen atoms in total. The molecule has 0 spiro atoms. The van der Waals surface area contributed by atoms with Crippen LogP contribution in [0.3, 0.4) is 0 Å². The van der Waals surface area contributed by atoms with Crippen molar-refractivity contribution in [1.82, 2.24) is 0 Å². The molecule has 0 fully saturated rings. The van der Waals surface area contributed by atoms with E-state index in [1.165, 1.54) is 29.2 Å². The third-order valence-electron chi connectivity index (χ3n) is 3.66. The third-order valence-corrected chi connectivity index (χ3v) is 3.66. The summed E-state index contributed by atoms with van der Waals surface area (Å²) >= 11 is 0. The van der Waals surface area contributed by atoms with Crippen LogP contribution >= 0.6 is 0 Å². The summed E-state index contributed by atoms with van der Waals surface area (Å²) in [5.41, 5.74) is 5.31. The summed E-state index contributed by atoms with van der Waals surface area (Å²) in [5, 5.41) is 0. The van der Waals surface area contributed by atoms with Gasteiger partial charge in [-0.1, -0.05) is 28.9 Å². The van der Waals surface area contributed by atoms with Crippen LogP contribution in [0.15, 0.2) is 34.4 Å². The summed E-state index contributed by atoms with van der Waals surface area (Å²) in [6, 6.07) is 0. The van der Waals surface area contributed by atoms with Crippen LogP contribution in [-0.2, 0) is 9.53 Å². The molecule has 0 bridgehead atoms. The molecular weight excluding hydrogens is 236 g/mol. The van der Waals surface area contributed by atoms with Gasteiger partial charge in [0, 0.05) is 13.3 Å². The normalized spacial score (nSPS) is 24.1. The van der Waals surface area contributed by atoms with Gasteiger partial charge in [0.1, 0.15) is 6.10 Å². The highest BCUT2D eigenvalue weighted by Gasteiger charge is 2.17. The van der Waals surface area contributed by atoms with Gasteiger partial charge in [-0.2, -0.15) is 0 Å². The lowest BCUT2D eigenvalue weighted by molar-refractivity contribution is -0.144. The molecule has 0 N–H and O–H groups in total. The van der Waals surface area contributed by atoms with Crippen LogP contribution in [0.1, 0.15) is 60.3 Å². The SMILES string of the molecule is CC(=O)O[C@@H]1CC(=C(C)C)C/C=C(\C)CCC=C1C. The minimum Gasteiger partial charge on any atom is -0.458 e. The molecule has 0 saturated carbocycles. The van der Waals surface area contributed by atoms with Crippen LogP contribution in [0.5, 0.6) is 0 Å². The number of ether oxygens (including phenoxy) is 1. The van der Waals surface area contributed by atoms with Crippen molar-refractivity contribution in [3.05, 3.63) is 34.4 Å². The van der Waals surface area contributed by atoms with E-state index in [1.807, 2.05) is 0 Å². The number of rotatable bonds is 1. The largest absolute Gasteiger partial charge is 0.458 e. The molecule has 2 heteroatoms. The molecule has 0 saturated heterocycles. The quantitative estimate of drug-likeness (QED) is 0.505. The van der Waals surface area contributed by atoms with E-state index in [0.29, 0.717) is 0 Å². The molecule has 106 valence electrons. The van der Waals surface area contributed by atoms with Gasteiger partial charge in [-0.15, -0.1) is 0 Å². The van der Waals surface area contributed by atoms with Gasteiger partial charge in [0.2, 0.25) is 0 Å². The van der Waals surface area contributed by atoms with Crippen LogP contribution in [-0.4, -0.2) is 12.1 Å². The smallest absolute Gasteiger partial charge is 0.303 e. The van der Waals surface area contributed by atoms with Crippen molar-refractivity contribution in [2.45, 2.75) is 66.4 Å². The first-order valence-corrected chi connectivity index (χ1v) is 7.05. The number of allylic oxidation sites excluding steroid dienone is 4. The van der Waals surface area contributed by atoms with Gasteiger partial charge in [-0.05, 0) is 52.5 Å². The molecule has 0 radical (unpaired) electrons. The van der Waals surface area contributed by atoms with E-state index in [-0.39, 0.29) is 12.1 Å². The van der Waals surface area contributed by atoms with Gasteiger partial charge in [-0.25, -0.2) is 0 Å². The van der Waals surface area contributed by atoms with Gasteiger partial charge < -0.3 is 4.74 Å². The number of hydrogen-bond acceptors (Lipinski definition) is 2. The number of esters is 1. The predicted molar refractivity (Wildman–Crippen MR) is 79.9 cm³/mol. The second-order valence-electron chi connectivity index (χ2n) is 5.65. The Labute approximate surface area is 117 Å². The molecule has 1 aliphatic carbocycles. The standard InChI is InChI=1S/C17H26O2/c1-12(2)16-10-9-13(3)7-6-8-14(4)17(11-16)19-15(5)18/h8-9,17H,6-7,10-11H2,1-5H3/b13-9+,14-8?/t17-/m1/s1. The highest BCUT2D eigenvalue weighted by molar-refractivity contribution is 5.66. The van der Waals surface area contributed by atoms with E-state index in [0.717, 1.165) is 25.7 Å². The third kappa shape index (κ3) is 5.46. The summed E-state index contributed by atoms with van der Waals surface area (Å²) in [6.07, 6.45) is 8.30. The highest BCUT2D eigenvalue weighted by Crippen LogP contribution is 2.25. The molecule has 1 rings (SSSR count). The first-order chi connectivity index (χ1) is 8.90. The van der Waals surface area contributed by atoms with Gasteiger partial charge in [0.25, 0.3) is 0 Å². The summed E-state index contributed by atoms with van der Waals surface area (Å²) in [7, 11) is 0. The second kappa shape index (κ2) is 7.32. The molecule has 0 amide bonds. The van der Waals surface area contributed by atoms with Crippen LogP contribution < -0.4 is 0 Å². The van der Waals surface area contributed by atoms with Crippen LogP contribution in [0.25, 0.3) is 0 Å². The minimum absolute atomic E-state index is 0.103. The maximum atomic E-state index is 11.3. The Kier molecular flexibility index (Phi) is 6.07. The Morgan fingerprint density at radius 2 is 1.89 bits per heavy atom. The van der Waals surface area contributed by atoms with Gasteiger partial charge in [0.05, 0.1) is 0 Å². The van der Waals surface area contributed by atoms with Gasteiger partial charge >= 0.3 is 5.97 Å². The summed E-state index contributed by atoms with van der Waals surface area (Å²) < 4.78 is 5.48. The molecule has 0 aromatic heterocycles. The Morgan fingerprint density at radius 3 is 2.47 bits per heavy atom. The van der Waals surface area contributed by atoms with Crippen LogP contribution in [0, 0.1) is 0 Å². The van der Waals surface area contributed by atoms with Gasteiger partial charge in [0.15, 0.2) is 0 Å². The highest BCUT2D eigenvalue weighted by atomic mass is 16.5. The fourth-order valence-corrected chi connectivity index (χ4v) is 2.27. The lowest BCUT2D eigenvalue weighted by Gasteiger charge is -2.21. The number of carbonyl (C=O) groups excluding carboxylic acids is 1. The average Bonchev–Trinajstić information content (AvgIpc) is 2.31. The lowest BCUT2D eigenvalue weighted by atomic mass is 9.93. The molecule has 0 heterocycles. The average molecular weight is 262 g/mol. The van der Waals surface area contributed by atoms with Crippen molar-refractivity contribution < 1.29 is 9.53 Å². The van der Waals surface area contributed by atoms with E-state index >= 15 is 0 Å². The molecule has 1 atom stereocenters. The summed E-state index contributed by atoms with van der Waals surface area (Å²) in [4.78, 5) is 11.3. The van der Waals surface area contributed by atoms with Crippen LogP contribution in [0.4, 0.5) is 0 Å². The molecular formula is C17H26O2. The monoisotopic (exact) mass is 262 g/mol. The molecule has 0 aromatic rings. The van der Waals surface area contributed by atoms with Crippen molar-refractivity contribution >= 4 is 5.97 Å². The first kappa shape index (κ1) is 15.7. The Hall–Kier alpha value is -1.31. The zero-order valence-corrected chi connectivity index (χ0v) is 12.9. The molecule has 1 aliphatic rings. The Bertz CT molecular complexity index is 421. The minimum atomic E-state index is -0.199. The Morgan fingerprint density at radius 1 is 1.21 bits per heavy atom. The second-order valence-corrected chi connectivity index (χ2v) is 5.65. The molecule has 0 aliphatic heterocycles. The van der Waals surface area contributed by atoms with Crippen molar-refractivity contribution in [3.63, 3.8) is 0 Å². The lowest BCUT2D eigenvalue weighted by Crippen LogP contribution is -2.19. The van der Waals surface area contributed by atoms with Crippen molar-refractivity contribution in [2.75, 3.05) is 0 Å². The van der Waals surface area contributed by atoms with Crippen molar-refractivity contribution in [2.24, 2.45) is 0 Å². The maximum Gasteiger partial charge on any atom is 0.303 e. The Balaban J connectivity index is 3.01. The summed E-state index contributed by atoms with van der Waals surface area (Å²) in [5.74, 6) is -0.199. The van der Waals surface area contributed by atoms with E-state index in [4.69, 9.17) is 4.74 Å². The zero-order chi connectivity index (χ0) is 14.4. The van der Waals surface area contributed by atoms with Crippen LogP contribution in [0.2, 0.25) is 0 Å². The molecule has 19 heavy (non-hydrogen) atoms. The fraction of sp³-hybridized carbons (Fsp3) is 0.588. The fourth-order valence-electron chi connectivity index (χ4n) is 2.27. The van der Waals surface area contributed by atoms with Crippen molar-refractivity contribution in [3.8, 4) is 0 Å². The topological polar surface area (TPSA) is 26.3 Å². The molecule has 0 unspecified atom stereocenters.